The van der Waals surface area contributed by atoms with Crippen LogP contribution >= 0.6 is 12.4 Å². The number of benzene rings is 1. The normalized spacial score (nSPS) is 17.4. The number of unbranched alkanes of at least 4 members (excludes halogenated alkanes) is 3. The fourth-order valence-electron chi connectivity index (χ4n) is 3.53. The fraction of sp³-hybridized carbons (Fsp3) is 0.579. The summed E-state index contributed by atoms with van der Waals surface area (Å²) in [4.78, 5) is 18.4. The molecular formula is C19H28ClFN4O2. The van der Waals surface area contributed by atoms with Gasteiger partial charge < -0.3 is 20.7 Å². The van der Waals surface area contributed by atoms with E-state index < -0.39 is 5.66 Å². The summed E-state index contributed by atoms with van der Waals surface area (Å²) < 4.78 is 19.3. The molecular weight excluding hydrogens is 371 g/mol. The largest absolute Gasteiger partial charge is 0.449 e. The molecule has 0 aliphatic carbocycles. The highest BCUT2D eigenvalue weighted by Crippen LogP contribution is 2.35. The number of carbonyl (C=O) groups is 1. The van der Waals surface area contributed by atoms with Gasteiger partial charge in [0.05, 0.1) is 12.2 Å². The molecule has 8 heteroatoms. The Morgan fingerprint density at radius 2 is 2.07 bits per heavy atom. The number of carbonyl (C=O) groups excluding carboxylic acids is 1. The monoisotopic (exact) mass is 398 g/mol. The van der Waals surface area contributed by atoms with Gasteiger partial charge in [-0.1, -0.05) is 32.3 Å². The van der Waals surface area contributed by atoms with Crippen molar-refractivity contribution in [1.29, 1.82) is 0 Å². The minimum absolute atomic E-state index is 0. The van der Waals surface area contributed by atoms with Crippen LogP contribution in [0.3, 0.4) is 0 Å². The number of nitrogens with zero attached hydrogens (tertiary/aromatic N) is 2. The van der Waals surface area contributed by atoms with Crippen LogP contribution in [0.2, 0.25) is 0 Å². The molecule has 0 unspecified atom stereocenters. The number of nitrogens with one attached hydrogen (secondary N) is 1. The van der Waals surface area contributed by atoms with Crippen molar-refractivity contribution in [1.82, 2.24) is 4.90 Å². The lowest BCUT2D eigenvalue weighted by molar-refractivity contribution is 0.0851. The van der Waals surface area contributed by atoms with Crippen LogP contribution in [0.15, 0.2) is 23.2 Å². The Hall–Kier alpha value is -2.02. The van der Waals surface area contributed by atoms with Gasteiger partial charge in [0.2, 0.25) is 0 Å². The van der Waals surface area contributed by atoms with E-state index >= 15 is 0 Å². The zero-order valence-corrected chi connectivity index (χ0v) is 16.5. The number of fused-ring (bicyclic) bond motifs is 1. The van der Waals surface area contributed by atoms with Crippen molar-refractivity contribution in [2.75, 3.05) is 25.0 Å². The van der Waals surface area contributed by atoms with E-state index in [1.807, 2.05) is 0 Å². The summed E-state index contributed by atoms with van der Waals surface area (Å²) in [6.07, 6.45) is 5.25. The van der Waals surface area contributed by atoms with Gasteiger partial charge in [0.25, 0.3) is 0 Å². The summed E-state index contributed by atoms with van der Waals surface area (Å²) in [6, 6.07) is 4.83. The average Bonchev–Trinajstić information content (AvgIpc) is 2.61. The first-order chi connectivity index (χ1) is 12.5. The number of aliphatic imine (C=N–C) groups is 1. The van der Waals surface area contributed by atoms with Gasteiger partial charge in [-0.3, -0.25) is 0 Å². The molecule has 1 spiro atoms. The highest BCUT2D eigenvalue weighted by molar-refractivity contribution is 6.04. The number of hydrogen-bond acceptors (Lipinski definition) is 5. The Balaban J connectivity index is 0.00000261. The first kappa shape index (κ1) is 21.3. The van der Waals surface area contributed by atoms with Crippen molar-refractivity contribution < 1.29 is 13.9 Å². The number of rotatable bonds is 5. The van der Waals surface area contributed by atoms with Crippen molar-refractivity contribution >= 4 is 30.0 Å². The Labute approximate surface area is 165 Å². The van der Waals surface area contributed by atoms with Crippen LogP contribution in [0.4, 0.5) is 14.9 Å². The topological polar surface area (TPSA) is 80.0 Å². The van der Waals surface area contributed by atoms with E-state index in [2.05, 4.69) is 17.2 Å². The first-order valence-electron chi connectivity index (χ1n) is 9.39. The smallest absolute Gasteiger partial charge is 0.409 e. The van der Waals surface area contributed by atoms with E-state index in [1.54, 1.807) is 17.0 Å². The highest BCUT2D eigenvalue weighted by atomic mass is 35.5. The van der Waals surface area contributed by atoms with Crippen LogP contribution in [0, 0.1) is 5.82 Å². The van der Waals surface area contributed by atoms with Crippen molar-refractivity contribution in [3.63, 3.8) is 0 Å². The summed E-state index contributed by atoms with van der Waals surface area (Å²) in [5.74, 6) is -0.168. The Kier molecular flexibility index (Phi) is 7.30. The molecule has 6 nitrogen and oxygen atoms in total. The molecule has 1 fully saturated rings. The van der Waals surface area contributed by atoms with E-state index in [-0.39, 0.29) is 30.2 Å². The number of amidine groups is 1. The standard InChI is InChI=1S/C19H27FN4O2.ClH/c1-2-3-4-5-13-26-18(25)24-11-9-19(10-12-24)22-15-8-6-7-14(20)16(15)17(21)23-19;/h6-8,22H,2-5,9-13H2,1H3,(H2,21,23);1H. The molecule has 3 N–H and O–H groups in total. The molecule has 2 aliphatic heterocycles. The quantitative estimate of drug-likeness (QED) is 0.737. The van der Waals surface area contributed by atoms with E-state index in [1.165, 1.54) is 6.07 Å². The molecule has 2 aliphatic rings. The molecule has 2 heterocycles. The maximum Gasteiger partial charge on any atom is 0.409 e. The zero-order valence-electron chi connectivity index (χ0n) is 15.7. The number of likely N-dealkylation sites (tertiary alicyclic amines) is 1. The lowest BCUT2D eigenvalue weighted by Gasteiger charge is -2.42. The second-order valence-electron chi connectivity index (χ2n) is 6.98. The van der Waals surface area contributed by atoms with Crippen molar-refractivity contribution in [2.45, 2.75) is 51.1 Å². The molecule has 1 saturated heterocycles. The van der Waals surface area contributed by atoms with Crippen molar-refractivity contribution in [3.05, 3.63) is 29.6 Å². The summed E-state index contributed by atoms with van der Waals surface area (Å²) in [6.45, 7) is 3.68. The molecule has 1 amide bonds. The summed E-state index contributed by atoms with van der Waals surface area (Å²) >= 11 is 0. The zero-order chi connectivity index (χ0) is 18.6. The minimum atomic E-state index is -0.581. The average molecular weight is 399 g/mol. The van der Waals surface area contributed by atoms with Gasteiger partial charge in [0.15, 0.2) is 0 Å². The van der Waals surface area contributed by atoms with Gasteiger partial charge in [-0.15, -0.1) is 12.4 Å². The van der Waals surface area contributed by atoms with Crippen molar-refractivity contribution in [3.8, 4) is 0 Å². The van der Waals surface area contributed by atoms with Gasteiger partial charge in [0.1, 0.15) is 17.3 Å². The number of piperidine rings is 1. The molecule has 1 aromatic carbocycles. The van der Waals surface area contributed by atoms with E-state index in [0.29, 0.717) is 43.8 Å². The lowest BCUT2D eigenvalue weighted by atomic mass is 9.94. The third kappa shape index (κ3) is 4.83. The molecule has 0 aromatic heterocycles. The predicted molar refractivity (Wildman–Crippen MR) is 107 cm³/mol. The van der Waals surface area contributed by atoms with Crippen LogP contribution in [-0.2, 0) is 4.74 Å². The first-order valence-corrected chi connectivity index (χ1v) is 9.39. The number of anilines is 1. The van der Waals surface area contributed by atoms with E-state index in [0.717, 1.165) is 25.7 Å². The van der Waals surface area contributed by atoms with Crippen LogP contribution in [0.1, 0.15) is 51.0 Å². The maximum atomic E-state index is 14.0. The third-order valence-corrected chi connectivity index (χ3v) is 5.04. The number of nitrogens with two attached hydrogens (primary N) is 1. The van der Waals surface area contributed by atoms with Crippen LogP contribution in [0.5, 0.6) is 0 Å². The summed E-state index contributed by atoms with van der Waals surface area (Å²) in [5.41, 5.74) is 6.42. The van der Waals surface area contributed by atoms with Crippen molar-refractivity contribution in [2.24, 2.45) is 10.7 Å². The second kappa shape index (κ2) is 9.26. The molecule has 3 rings (SSSR count). The Morgan fingerprint density at radius 3 is 2.78 bits per heavy atom. The van der Waals surface area contributed by atoms with E-state index in [4.69, 9.17) is 10.5 Å². The molecule has 0 radical (unpaired) electrons. The number of hydrogen-bond donors (Lipinski definition) is 2. The molecule has 0 saturated carbocycles. The lowest BCUT2D eigenvalue weighted by Crippen LogP contribution is -2.52. The number of halogens is 2. The molecule has 0 atom stereocenters. The SMILES string of the molecule is CCCCCCOC(=O)N1CCC2(CC1)N=C(N)c1c(F)cccc1N2.Cl. The van der Waals surface area contributed by atoms with Gasteiger partial charge in [0, 0.05) is 31.6 Å². The maximum absolute atomic E-state index is 14.0. The summed E-state index contributed by atoms with van der Waals surface area (Å²) in [7, 11) is 0. The number of amides is 1. The van der Waals surface area contributed by atoms with Gasteiger partial charge in [-0.05, 0) is 18.6 Å². The van der Waals surface area contributed by atoms with Crippen LogP contribution in [0.25, 0.3) is 0 Å². The van der Waals surface area contributed by atoms with Crippen LogP contribution < -0.4 is 11.1 Å². The molecule has 0 bridgehead atoms. The minimum Gasteiger partial charge on any atom is -0.449 e. The second-order valence-corrected chi connectivity index (χ2v) is 6.98. The Bertz CT molecular complexity index is 690. The van der Waals surface area contributed by atoms with E-state index in [9.17, 15) is 9.18 Å². The van der Waals surface area contributed by atoms with Gasteiger partial charge >= 0.3 is 6.09 Å². The van der Waals surface area contributed by atoms with Gasteiger partial charge in [-0.25, -0.2) is 14.2 Å². The molecule has 150 valence electrons. The predicted octanol–water partition coefficient (Wildman–Crippen LogP) is 3.89. The fourth-order valence-corrected chi connectivity index (χ4v) is 3.53. The van der Waals surface area contributed by atoms with Gasteiger partial charge in [-0.2, -0.15) is 0 Å². The highest BCUT2D eigenvalue weighted by Gasteiger charge is 2.39. The molecule has 1 aromatic rings. The summed E-state index contributed by atoms with van der Waals surface area (Å²) in [5, 5.41) is 3.32. The number of ether oxygens (including phenoxy) is 1. The Morgan fingerprint density at radius 1 is 1.33 bits per heavy atom. The molecule has 27 heavy (non-hydrogen) atoms. The van der Waals surface area contributed by atoms with Crippen LogP contribution in [-0.4, -0.2) is 42.2 Å². The third-order valence-electron chi connectivity index (χ3n) is 5.04.